The maximum atomic E-state index is 15.9. The van der Waals surface area contributed by atoms with Crippen molar-refractivity contribution in [1.29, 1.82) is 0 Å². The molecule has 2 aliphatic carbocycles. The molecule has 3 rings (SSSR count). The Labute approximate surface area is 140 Å². The first-order chi connectivity index (χ1) is 11.5. The lowest BCUT2D eigenvalue weighted by atomic mass is 9.71. The quantitative estimate of drug-likeness (QED) is 0.872. The third kappa shape index (κ3) is 3.11. The van der Waals surface area contributed by atoms with Crippen LogP contribution in [0.3, 0.4) is 0 Å². The third-order valence-electron chi connectivity index (χ3n) is 4.91. The fourth-order valence-electron chi connectivity index (χ4n) is 3.33. The van der Waals surface area contributed by atoms with Crippen LogP contribution in [-0.2, 0) is 4.79 Å². The molecule has 1 fully saturated rings. The van der Waals surface area contributed by atoms with Crippen LogP contribution in [0, 0.1) is 11.8 Å². The highest BCUT2D eigenvalue weighted by molar-refractivity contribution is 5.95. The van der Waals surface area contributed by atoms with Crippen LogP contribution in [0.15, 0.2) is 54.3 Å². The van der Waals surface area contributed by atoms with E-state index in [0.29, 0.717) is 5.56 Å². The van der Waals surface area contributed by atoms with Gasteiger partial charge in [-0.2, -0.15) is 0 Å². The summed E-state index contributed by atoms with van der Waals surface area (Å²) in [6.07, 6.45) is 7.76. The van der Waals surface area contributed by atoms with Crippen molar-refractivity contribution >= 4 is 11.8 Å². The van der Waals surface area contributed by atoms with E-state index in [4.69, 9.17) is 5.73 Å². The lowest BCUT2D eigenvalue weighted by molar-refractivity contribution is -0.124. The molecule has 5 heteroatoms. The molecule has 4 nitrogen and oxygen atoms in total. The molecule has 0 aromatic heterocycles. The fraction of sp³-hybridized carbons (Fsp3) is 0.368. The Balaban J connectivity index is 1.85. The van der Waals surface area contributed by atoms with Crippen LogP contribution < -0.4 is 11.1 Å². The van der Waals surface area contributed by atoms with E-state index in [1.54, 1.807) is 36.4 Å². The highest BCUT2D eigenvalue weighted by Crippen LogP contribution is 2.44. The first-order valence-corrected chi connectivity index (χ1v) is 8.24. The van der Waals surface area contributed by atoms with Gasteiger partial charge in [-0.15, -0.1) is 0 Å². The predicted molar refractivity (Wildman–Crippen MR) is 89.6 cm³/mol. The molecule has 1 aromatic carbocycles. The number of carbonyl (C=O) groups excluding carboxylic acids is 2. The molecule has 1 aromatic rings. The van der Waals surface area contributed by atoms with Crippen LogP contribution in [0.4, 0.5) is 4.39 Å². The number of benzene rings is 1. The molecule has 2 atom stereocenters. The first-order valence-electron chi connectivity index (χ1n) is 8.24. The zero-order valence-corrected chi connectivity index (χ0v) is 13.4. The van der Waals surface area contributed by atoms with Gasteiger partial charge < -0.3 is 11.1 Å². The number of nitrogens with one attached hydrogen (secondary N) is 1. The van der Waals surface area contributed by atoms with E-state index in [2.05, 4.69) is 5.32 Å². The van der Waals surface area contributed by atoms with Crippen LogP contribution in [0.5, 0.6) is 0 Å². The molecule has 24 heavy (non-hydrogen) atoms. The summed E-state index contributed by atoms with van der Waals surface area (Å²) >= 11 is 0. The average Bonchev–Trinajstić information content (AvgIpc) is 2.53. The van der Waals surface area contributed by atoms with Crippen molar-refractivity contribution in [3.63, 3.8) is 0 Å². The second-order valence-electron chi connectivity index (χ2n) is 6.53. The summed E-state index contributed by atoms with van der Waals surface area (Å²) in [5.74, 6) is -1.95. The van der Waals surface area contributed by atoms with Crippen LogP contribution in [0.2, 0.25) is 0 Å². The van der Waals surface area contributed by atoms with Crippen LogP contribution in [0.1, 0.15) is 36.0 Å². The predicted octanol–water partition coefficient (Wildman–Crippen LogP) is 2.87. The molecular weight excluding hydrogens is 307 g/mol. The summed E-state index contributed by atoms with van der Waals surface area (Å²) in [4.78, 5) is 24.1. The highest BCUT2D eigenvalue weighted by atomic mass is 19.1. The minimum Gasteiger partial charge on any atom is -0.369 e. The summed E-state index contributed by atoms with van der Waals surface area (Å²) in [5.41, 5.74) is 4.01. The molecule has 0 aliphatic heterocycles. The molecule has 126 valence electrons. The number of halogens is 1. The van der Waals surface area contributed by atoms with Gasteiger partial charge in [-0.25, -0.2) is 4.39 Å². The number of amides is 2. The Bertz CT molecular complexity index is 695. The van der Waals surface area contributed by atoms with Gasteiger partial charge in [-0.05, 0) is 30.5 Å². The maximum Gasteiger partial charge on any atom is 0.255 e. The molecule has 0 heterocycles. The van der Waals surface area contributed by atoms with Crippen LogP contribution in [-0.4, -0.2) is 17.5 Å². The summed E-state index contributed by atoms with van der Waals surface area (Å²) in [6.45, 7) is 0. The van der Waals surface area contributed by atoms with Gasteiger partial charge in [0.2, 0.25) is 5.91 Å². The molecule has 0 spiro atoms. The number of hydrogen-bond donors (Lipinski definition) is 2. The Hall–Kier alpha value is -2.43. The lowest BCUT2D eigenvalue weighted by Crippen LogP contribution is -2.49. The standard InChI is InChI=1S/C19H21FN2O2/c20-19(12-13-6-4-7-13)15(17(21)23)10-5-11-16(19)22-18(24)14-8-2-1-3-9-14/h1-3,5,8-11,13,15H,4,6-7,12H2,(H2,21,23)(H,22,24). The van der Waals surface area contributed by atoms with E-state index in [-0.39, 0.29) is 18.0 Å². The molecule has 2 aliphatic rings. The Kier molecular flexibility index (Phi) is 4.51. The number of hydrogen-bond acceptors (Lipinski definition) is 2. The molecule has 2 unspecified atom stereocenters. The fourth-order valence-corrected chi connectivity index (χ4v) is 3.33. The van der Waals surface area contributed by atoms with E-state index in [1.165, 1.54) is 12.2 Å². The van der Waals surface area contributed by atoms with Crippen molar-refractivity contribution < 1.29 is 14.0 Å². The van der Waals surface area contributed by atoms with E-state index in [0.717, 1.165) is 19.3 Å². The van der Waals surface area contributed by atoms with Crippen LogP contribution in [0.25, 0.3) is 0 Å². The molecule has 0 saturated heterocycles. The third-order valence-corrected chi connectivity index (χ3v) is 4.91. The molecule has 1 saturated carbocycles. The topological polar surface area (TPSA) is 72.2 Å². The SMILES string of the molecule is NC(=O)C1C=CC=C(NC(=O)c2ccccc2)C1(F)CC1CCC1. The maximum absolute atomic E-state index is 15.9. The molecular formula is C19H21FN2O2. The number of carbonyl (C=O) groups is 2. The molecule has 0 bridgehead atoms. The van der Waals surface area contributed by atoms with Gasteiger partial charge in [0.25, 0.3) is 5.91 Å². The summed E-state index contributed by atoms with van der Waals surface area (Å²) in [5, 5.41) is 2.65. The molecule has 3 N–H and O–H groups in total. The van der Waals surface area contributed by atoms with Gasteiger partial charge in [-0.1, -0.05) is 49.6 Å². The van der Waals surface area contributed by atoms with E-state index in [1.807, 2.05) is 0 Å². The second kappa shape index (κ2) is 6.59. The lowest BCUT2D eigenvalue weighted by Gasteiger charge is -2.39. The van der Waals surface area contributed by atoms with Crippen molar-refractivity contribution in [2.24, 2.45) is 17.6 Å². The van der Waals surface area contributed by atoms with Crippen molar-refractivity contribution in [3.8, 4) is 0 Å². The zero-order chi connectivity index (χ0) is 17.2. The number of primary amides is 1. The summed E-state index contributed by atoms with van der Waals surface area (Å²) in [6, 6.07) is 8.61. The summed E-state index contributed by atoms with van der Waals surface area (Å²) in [7, 11) is 0. The van der Waals surface area contributed by atoms with Gasteiger partial charge in [0.15, 0.2) is 5.67 Å². The van der Waals surface area contributed by atoms with Crippen molar-refractivity contribution in [2.75, 3.05) is 0 Å². The second-order valence-corrected chi connectivity index (χ2v) is 6.53. The van der Waals surface area contributed by atoms with Gasteiger partial charge in [0.05, 0.1) is 11.6 Å². The number of allylic oxidation sites excluding steroid dienone is 3. The van der Waals surface area contributed by atoms with Crippen molar-refractivity contribution in [1.82, 2.24) is 5.32 Å². The molecule has 2 amide bonds. The molecule has 0 radical (unpaired) electrons. The number of alkyl halides is 1. The first kappa shape index (κ1) is 16.4. The smallest absolute Gasteiger partial charge is 0.255 e. The van der Waals surface area contributed by atoms with Crippen molar-refractivity contribution in [2.45, 2.75) is 31.4 Å². The van der Waals surface area contributed by atoms with E-state index >= 15 is 4.39 Å². The normalized spacial score (nSPS) is 26.4. The number of nitrogens with two attached hydrogens (primary N) is 1. The average molecular weight is 328 g/mol. The van der Waals surface area contributed by atoms with Gasteiger partial charge in [-0.3, -0.25) is 9.59 Å². The Morgan fingerprint density at radius 1 is 1.25 bits per heavy atom. The Morgan fingerprint density at radius 2 is 1.96 bits per heavy atom. The Morgan fingerprint density at radius 3 is 2.54 bits per heavy atom. The van der Waals surface area contributed by atoms with Crippen LogP contribution >= 0.6 is 0 Å². The minimum absolute atomic E-state index is 0.120. The highest BCUT2D eigenvalue weighted by Gasteiger charge is 2.48. The monoisotopic (exact) mass is 328 g/mol. The summed E-state index contributed by atoms with van der Waals surface area (Å²) < 4.78 is 15.9. The minimum atomic E-state index is -1.96. The van der Waals surface area contributed by atoms with Gasteiger partial charge in [0.1, 0.15) is 0 Å². The largest absolute Gasteiger partial charge is 0.369 e. The van der Waals surface area contributed by atoms with E-state index in [9.17, 15) is 9.59 Å². The van der Waals surface area contributed by atoms with E-state index < -0.39 is 23.4 Å². The van der Waals surface area contributed by atoms with Gasteiger partial charge in [0, 0.05) is 5.56 Å². The van der Waals surface area contributed by atoms with Gasteiger partial charge >= 0.3 is 0 Å². The number of rotatable bonds is 5. The van der Waals surface area contributed by atoms with Crippen molar-refractivity contribution in [3.05, 3.63) is 59.8 Å². The zero-order valence-electron chi connectivity index (χ0n) is 13.4.